The molecule has 31 heavy (non-hydrogen) atoms. The van der Waals surface area contributed by atoms with Gasteiger partial charge < -0.3 is 9.64 Å². The minimum absolute atomic E-state index is 0.00289. The van der Waals surface area contributed by atoms with Crippen LogP contribution in [0.4, 0.5) is 10.8 Å². The molecule has 0 spiro atoms. The summed E-state index contributed by atoms with van der Waals surface area (Å²) in [6.45, 7) is 4.04. The molecule has 1 aromatic carbocycles. The molecule has 162 valence electrons. The van der Waals surface area contributed by atoms with Gasteiger partial charge in [0, 0.05) is 24.8 Å². The zero-order valence-electron chi connectivity index (χ0n) is 17.2. The van der Waals surface area contributed by atoms with Crippen molar-refractivity contribution in [2.24, 2.45) is 0 Å². The Bertz CT molecular complexity index is 1070. The fourth-order valence-electron chi connectivity index (χ4n) is 4.21. The Hall–Kier alpha value is -3.27. The van der Waals surface area contributed by atoms with Gasteiger partial charge in [-0.1, -0.05) is 12.1 Å². The Labute approximate surface area is 183 Å². The molecule has 0 aliphatic carbocycles. The molecular formula is C21H22N4O5S. The summed E-state index contributed by atoms with van der Waals surface area (Å²) in [6.07, 6.45) is 0.340. The Morgan fingerprint density at radius 2 is 2.03 bits per heavy atom. The van der Waals surface area contributed by atoms with Crippen molar-refractivity contribution < 1.29 is 23.9 Å². The molecule has 3 heterocycles. The third-order valence-electron chi connectivity index (χ3n) is 5.46. The average molecular weight is 442 g/mol. The fraction of sp³-hybridized carbons (Fsp3) is 0.381. The molecule has 1 fully saturated rings. The summed E-state index contributed by atoms with van der Waals surface area (Å²) in [4.78, 5) is 58.4. The van der Waals surface area contributed by atoms with Crippen molar-refractivity contribution in [1.82, 2.24) is 9.88 Å². The minimum atomic E-state index is -1.45. The lowest BCUT2D eigenvalue weighted by Crippen LogP contribution is -2.69. The molecule has 1 saturated heterocycles. The molecule has 9 nitrogen and oxygen atoms in total. The third kappa shape index (κ3) is 3.36. The smallest absolute Gasteiger partial charge is 0.311 e. The first kappa shape index (κ1) is 21.0. The lowest BCUT2D eigenvalue weighted by molar-refractivity contribution is -0.142. The van der Waals surface area contributed by atoms with Gasteiger partial charge >= 0.3 is 5.97 Å². The van der Waals surface area contributed by atoms with Gasteiger partial charge in [0.05, 0.1) is 30.0 Å². The van der Waals surface area contributed by atoms with E-state index in [9.17, 15) is 19.2 Å². The van der Waals surface area contributed by atoms with E-state index >= 15 is 0 Å². The van der Waals surface area contributed by atoms with Crippen LogP contribution < -0.4 is 10.2 Å². The van der Waals surface area contributed by atoms with E-state index in [0.717, 1.165) is 0 Å². The summed E-state index contributed by atoms with van der Waals surface area (Å²) < 4.78 is 4.92. The molecule has 4 rings (SSSR count). The monoisotopic (exact) mass is 442 g/mol. The van der Waals surface area contributed by atoms with Crippen molar-refractivity contribution >= 4 is 45.8 Å². The molecule has 2 aromatic rings. The van der Waals surface area contributed by atoms with Gasteiger partial charge in [-0.15, -0.1) is 11.3 Å². The number of amides is 3. The second kappa shape index (κ2) is 8.10. The first-order valence-corrected chi connectivity index (χ1v) is 11.0. The number of likely N-dealkylation sites (N-methyl/N-ethyl adjacent to an activating group) is 1. The number of benzene rings is 1. The number of anilines is 2. The summed E-state index contributed by atoms with van der Waals surface area (Å²) in [5, 5.41) is 4.72. The van der Waals surface area contributed by atoms with Crippen molar-refractivity contribution in [1.29, 1.82) is 0 Å². The second-order valence-corrected chi connectivity index (χ2v) is 8.05. The molecule has 1 aromatic heterocycles. The predicted molar refractivity (Wildman–Crippen MR) is 114 cm³/mol. The van der Waals surface area contributed by atoms with Crippen LogP contribution in [0.1, 0.15) is 42.7 Å². The van der Waals surface area contributed by atoms with Crippen molar-refractivity contribution in [3.8, 4) is 0 Å². The van der Waals surface area contributed by atoms with Gasteiger partial charge in [-0.05, 0) is 26.0 Å². The van der Waals surface area contributed by atoms with Crippen LogP contribution in [-0.4, -0.2) is 52.4 Å². The fourth-order valence-corrected chi connectivity index (χ4v) is 4.91. The first-order chi connectivity index (χ1) is 14.9. The zero-order chi connectivity index (χ0) is 22.2. The number of esters is 1. The molecule has 0 unspecified atom stereocenters. The summed E-state index contributed by atoms with van der Waals surface area (Å²) in [5.74, 6) is -1.40. The van der Waals surface area contributed by atoms with Crippen LogP contribution in [0.2, 0.25) is 0 Å². The Balaban J connectivity index is 1.66. The van der Waals surface area contributed by atoms with Gasteiger partial charge in [0.15, 0.2) is 5.13 Å². The first-order valence-electron chi connectivity index (χ1n) is 10.1. The maximum atomic E-state index is 13.6. The molecule has 1 N–H and O–H groups in total. The number of nitrogens with one attached hydrogen (secondary N) is 1. The van der Waals surface area contributed by atoms with E-state index in [1.165, 1.54) is 21.1 Å². The normalized spacial score (nSPS) is 19.8. The number of hydrogen-bond donors (Lipinski definition) is 1. The number of aromatic nitrogens is 1. The van der Waals surface area contributed by atoms with E-state index in [1.807, 2.05) is 0 Å². The Morgan fingerprint density at radius 1 is 1.26 bits per heavy atom. The van der Waals surface area contributed by atoms with Crippen molar-refractivity contribution in [3.05, 3.63) is 40.9 Å². The van der Waals surface area contributed by atoms with Gasteiger partial charge in [-0.2, -0.15) is 0 Å². The van der Waals surface area contributed by atoms with Gasteiger partial charge in [-0.3, -0.25) is 29.4 Å². The Morgan fingerprint density at radius 3 is 2.77 bits per heavy atom. The molecule has 2 aliphatic heterocycles. The number of para-hydroxylation sites is 1. The zero-order valence-corrected chi connectivity index (χ0v) is 18.0. The van der Waals surface area contributed by atoms with Crippen LogP contribution in [0.15, 0.2) is 29.6 Å². The average Bonchev–Trinajstić information content (AvgIpc) is 3.33. The van der Waals surface area contributed by atoms with Crippen LogP contribution in [0, 0.1) is 0 Å². The number of hydrogen-bond acceptors (Lipinski definition) is 7. The van der Waals surface area contributed by atoms with Gasteiger partial charge in [0.2, 0.25) is 11.6 Å². The maximum absolute atomic E-state index is 13.6. The lowest BCUT2D eigenvalue weighted by atomic mass is 9.95. The van der Waals surface area contributed by atoms with E-state index in [1.54, 1.807) is 43.5 Å². The quantitative estimate of drug-likeness (QED) is 0.687. The van der Waals surface area contributed by atoms with E-state index in [2.05, 4.69) is 10.3 Å². The summed E-state index contributed by atoms with van der Waals surface area (Å²) in [7, 11) is 0. The number of ether oxygens (including phenoxy) is 1. The summed E-state index contributed by atoms with van der Waals surface area (Å²) >= 11 is 1.17. The van der Waals surface area contributed by atoms with Crippen molar-refractivity contribution in [2.45, 2.75) is 38.8 Å². The molecule has 0 bridgehead atoms. The highest BCUT2D eigenvalue weighted by Crippen LogP contribution is 2.44. The molecular weight excluding hydrogens is 420 g/mol. The van der Waals surface area contributed by atoms with Gasteiger partial charge in [0.25, 0.3) is 11.8 Å². The molecule has 0 saturated carbocycles. The van der Waals surface area contributed by atoms with Crippen LogP contribution in [0.25, 0.3) is 0 Å². The number of carbonyl (C=O) groups excluding carboxylic acids is 4. The summed E-state index contributed by atoms with van der Waals surface area (Å²) in [5.41, 5.74) is -0.136. The van der Waals surface area contributed by atoms with Gasteiger partial charge in [0.1, 0.15) is 0 Å². The van der Waals surface area contributed by atoms with Gasteiger partial charge in [-0.25, -0.2) is 4.98 Å². The predicted octanol–water partition coefficient (Wildman–Crippen LogP) is 2.19. The topological polar surface area (TPSA) is 109 Å². The van der Waals surface area contributed by atoms with E-state index < -0.39 is 17.5 Å². The molecule has 2 aliphatic rings. The second-order valence-electron chi connectivity index (χ2n) is 7.19. The number of thiazole rings is 1. The largest absolute Gasteiger partial charge is 0.466 e. The van der Waals surface area contributed by atoms with Crippen molar-refractivity contribution in [3.63, 3.8) is 0 Å². The number of fused-ring (bicyclic) bond motifs is 3. The van der Waals surface area contributed by atoms with Crippen LogP contribution >= 0.6 is 11.3 Å². The number of nitrogens with zero attached hydrogens (tertiary/aromatic N) is 3. The van der Waals surface area contributed by atoms with Crippen molar-refractivity contribution in [2.75, 3.05) is 23.4 Å². The highest BCUT2D eigenvalue weighted by atomic mass is 32.1. The van der Waals surface area contributed by atoms with Crippen LogP contribution in [0.5, 0.6) is 0 Å². The Kier molecular flexibility index (Phi) is 5.48. The number of carbonyl (C=O) groups is 4. The van der Waals surface area contributed by atoms with E-state index in [0.29, 0.717) is 22.1 Å². The molecule has 0 radical (unpaired) electrons. The number of rotatable bonds is 6. The minimum Gasteiger partial charge on any atom is -0.466 e. The molecule has 3 amide bonds. The van der Waals surface area contributed by atoms with E-state index in [-0.39, 0.29) is 44.2 Å². The molecule has 1 atom stereocenters. The third-order valence-corrected chi connectivity index (χ3v) is 6.26. The summed E-state index contributed by atoms with van der Waals surface area (Å²) in [6, 6.07) is 6.83. The lowest BCUT2D eigenvalue weighted by Gasteiger charge is -2.48. The maximum Gasteiger partial charge on any atom is 0.311 e. The molecule has 10 heteroatoms. The van der Waals surface area contributed by atoms with Crippen LogP contribution in [-0.2, 0) is 25.5 Å². The van der Waals surface area contributed by atoms with Crippen LogP contribution in [0.3, 0.4) is 0 Å². The van der Waals surface area contributed by atoms with E-state index in [4.69, 9.17) is 4.74 Å². The highest BCUT2D eigenvalue weighted by Gasteiger charge is 2.60. The SMILES string of the molecule is CCOC(=O)Cc1csc(NC(=O)[C@@]23CCC(=O)N2c2ccccc2C(=O)N3CC)n1. The standard InChI is InChI=1S/C21H22N4O5S/c1-3-24-18(28)14-7-5-6-8-15(14)25-16(26)9-10-21(24,25)19(29)23-20-22-13(12-31-20)11-17(27)30-4-2/h5-8,12H,3-4,9-11H2,1-2H3,(H,22,23,29)/t21-/m1/s1. The highest BCUT2D eigenvalue weighted by molar-refractivity contribution is 7.14.